The fraction of sp³-hybridized carbons (Fsp3) is 0.375. The summed E-state index contributed by atoms with van der Waals surface area (Å²) in [7, 11) is 0. The number of ether oxygens (including phenoxy) is 1. The molecule has 5 nitrogen and oxygen atoms in total. The average Bonchev–Trinajstić information content (AvgIpc) is 2.96. The van der Waals surface area contributed by atoms with Crippen LogP contribution < -0.4 is 10.2 Å². The number of halogens is 1. The van der Waals surface area contributed by atoms with Crippen molar-refractivity contribution >= 4 is 33.6 Å². The number of cyclic esters (lactones) is 1. The third-order valence-corrected chi connectivity index (χ3v) is 3.64. The van der Waals surface area contributed by atoms with Gasteiger partial charge in [0.25, 0.3) is 0 Å². The number of benzene rings is 1. The van der Waals surface area contributed by atoms with Gasteiger partial charge in [-0.1, -0.05) is 27.8 Å². The van der Waals surface area contributed by atoms with Gasteiger partial charge in [-0.25, -0.2) is 4.79 Å². The molecule has 22 heavy (non-hydrogen) atoms. The Morgan fingerprint density at radius 2 is 2.14 bits per heavy atom. The molecular weight excluding hydrogens is 348 g/mol. The van der Waals surface area contributed by atoms with Crippen LogP contribution in [0.1, 0.15) is 18.4 Å². The van der Waals surface area contributed by atoms with Gasteiger partial charge in [0.05, 0.1) is 13.1 Å². The Kier molecular flexibility index (Phi) is 6.28. The molecule has 2 rings (SSSR count). The second-order valence-electron chi connectivity index (χ2n) is 4.68. The number of nitrogens with one attached hydrogen (secondary N) is 1. The van der Waals surface area contributed by atoms with Crippen molar-refractivity contribution in [3.05, 3.63) is 29.8 Å². The highest BCUT2D eigenvalue weighted by atomic mass is 79.9. The molecule has 6 heteroatoms. The molecule has 0 aliphatic carbocycles. The summed E-state index contributed by atoms with van der Waals surface area (Å²) in [5.41, 5.74) is 1.64. The Hall–Kier alpha value is -2.00. The summed E-state index contributed by atoms with van der Waals surface area (Å²) in [6.45, 7) is 1.33. The van der Waals surface area contributed by atoms with E-state index in [-0.39, 0.29) is 12.0 Å². The molecule has 2 amide bonds. The van der Waals surface area contributed by atoms with Gasteiger partial charge in [-0.2, -0.15) is 0 Å². The maximum Gasteiger partial charge on any atom is 0.414 e. The zero-order chi connectivity index (χ0) is 15.8. The van der Waals surface area contributed by atoms with Crippen LogP contribution in [0.5, 0.6) is 0 Å². The molecule has 116 valence electrons. The standard InChI is InChI=1S/C16H17BrN2O3/c17-9-1-4-15(20)18-10-2-3-13-5-7-14(8-6-13)19-11-12-22-16(19)21/h5-8H,1,4,9-12H2,(H,18,20). The van der Waals surface area contributed by atoms with Crippen LogP contribution in [0.2, 0.25) is 0 Å². The highest BCUT2D eigenvalue weighted by Gasteiger charge is 2.22. The van der Waals surface area contributed by atoms with Crippen molar-refractivity contribution in [1.29, 1.82) is 0 Å². The van der Waals surface area contributed by atoms with Crippen LogP contribution in [-0.4, -0.2) is 37.0 Å². The van der Waals surface area contributed by atoms with E-state index in [0.717, 1.165) is 23.0 Å². The Balaban J connectivity index is 1.83. The molecule has 0 bridgehead atoms. The molecule has 1 fully saturated rings. The van der Waals surface area contributed by atoms with Gasteiger partial charge < -0.3 is 10.1 Å². The first-order valence-electron chi connectivity index (χ1n) is 7.06. The summed E-state index contributed by atoms with van der Waals surface area (Å²) < 4.78 is 4.90. The molecule has 1 N–H and O–H groups in total. The number of amides is 2. The van der Waals surface area contributed by atoms with E-state index in [9.17, 15) is 9.59 Å². The number of hydrogen-bond acceptors (Lipinski definition) is 3. The van der Waals surface area contributed by atoms with Crippen LogP contribution in [0.4, 0.5) is 10.5 Å². The van der Waals surface area contributed by atoms with Gasteiger partial charge in [0.1, 0.15) is 6.61 Å². The van der Waals surface area contributed by atoms with E-state index in [1.807, 2.05) is 24.3 Å². The molecule has 0 radical (unpaired) electrons. The lowest BCUT2D eigenvalue weighted by molar-refractivity contribution is -0.120. The summed E-state index contributed by atoms with van der Waals surface area (Å²) in [4.78, 5) is 24.4. The zero-order valence-electron chi connectivity index (χ0n) is 12.1. The Morgan fingerprint density at radius 3 is 2.77 bits per heavy atom. The van der Waals surface area contributed by atoms with E-state index in [1.54, 1.807) is 4.90 Å². The van der Waals surface area contributed by atoms with E-state index in [2.05, 4.69) is 33.1 Å². The lowest BCUT2D eigenvalue weighted by Gasteiger charge is -2.11. The molecule has 0 unspecified atom stereocenters. The fourth-order valence-electron chi connectivity index (χ4n) is 1.96. The normalized spacial score (nSPS) is 13.3. The largest absolute Gasteiger partial charge is 0.447 e. The van der Waals surface area contributed by atoms with Gasteiger partial charge in [0.15, 0.2) is 0 Å². The van der Waals surface area contributed by atoms with Crippen molar-refractivity contribution < 1.29 is 14.3 Å². The minimum atomic E-state index is -0.315. The minimum Gasteiger partial charge on any atom is -0.447 e. The number of nitrogens with zero attached hydrogens (tertiary/aromatic N) is 1. The summed E-state index contributed by atoms with van der Waals surface area (Å²) >= 11 is 3.28. The Morgan fingerprint density at radius 1 is 1.36 bits per heavy atom. The summed E-state index contributed by atoms with van der Waals surface area (Å²) in [5, 5.41) is 3.57. The Labute approximate surface area is 138 Å². The third kappa shape index (κ3) is 4.78. The average molecular weight is 365 g/mol. The van der Waals surface area contributed by atoms with Crippen LogP contribution in [0.3, 0.4) is 0 Å². The fourth-order valence-corrected chi connectivity index (χ4v) is 2.24. The van der Waals surface area contributed by atoms with Crippen molar-refractivity contribution in [3.63, 3.8) is 0 Å². The molecule has 1 aliphatic rings. The number of anilines is 1. The predicted molar refractivity (Wildman–Crippen MR) is 88.1 cm³/mol. The van der Waals surface area contributed by atoms with Gasteiger partial charge in [-0.3, -0.25) is 9.69 Å². The first-order chi connectivity index (χ1) is 10.7. The second kappa shape index (κ2) is 8.44. The van der Waals surface area contributed by atoms with E-state index >= 15 is 0 Å². The quantitative estimate of drug-likeness (QED) is 0.644. The number of rotatable bonds is 5. The van der Waals surface area contributed by atoms with E-state index in [0.29, 0.717) is 26.1 Å². The van der Waals surface area contributed by atoms with Crippen molar-refractivity contribution in [2.75, 3.05) is 29.9 Å². The topological polar surface area (TPSA) is 58.6 Å². The molecule has 0 spiro atoms. The maximum atomic E-state index is 11.4. The zero-order valence-corrected chi connectivity index (χ0v) is 13.7. The van der Waals surface area contributed by atoms with Gasteiger partial charge in [-0.05, 0) is 30.7 Å². The van der Waals surface area contributed by atoms with Gasteiger partial charge in [0, 0.05) is 23.0 Å². The summed E-state index contributed by atoms with van der Waals surface area (Å²) in [5.74, 6) is 5.90. The lowest BCUT2D eigenvalue weighted by Crippen LogP contribution is -2.23. The molecule has 1 heterocycles. The van der Waals surface area contributed by atoms with Gasteiger partial charge >= 0.3 is 6.09 Å². The Bertz CT molecular complexity index is 590. The van der Waals surface area contributed by atoms with Crippen molar-refractivity contribution in [3.8, 4) is 11.8 Å². The third-order valence-electron chi connectivity index (χ3n) is 3.08. The molecule has 1 aromatic rings. The second-order valence-corrected chi connectivity index (χ2v) is 5.48. The van der Waals surface area contributed by atoms with Gasteiger partial charge in [-0.15, -0.1) is 0 Å². The van der Waals surface area contributed by atoms with E-state index in [1.165, 1.54) is 0 Å². The van der Waals surface area contributed by atoms with Crippen LogP contribution >= 0.6 is 15.9 Å². The molecule has 1 saturated heterocycles. The SMILES string of the molecule is O=C(CCCBr)NCC#Cc1ccc(N2CCOC2=O)cc1. The van der Waals surface area contributed by atoms with E-state index in [4.69, 9.17) is 4.74 Å². The summed E-state index contributed by atoms with van der Waals surface area (Å²) in [6.07, 6.45) is 1.01. The monoisotopic (exact) mass is 364 g/mol. The predicted octanol–water partition coefficient (Wildman–Crippen LogP) is 2.29. The van der Waals surface area contributed by atoms with E-state index < -0.39 is 0 Å². The van der Waals surface area contributed by atoms with Crippen LogP contribution in [-0.2, 0) is 9.53 Å². The number of carbonyl (C=O) groups is 2. The molecule has 1 aliphatic heterocycles. The highest BCUT2D eigenvalue weighted by Crippen LogP contribution is 2.18. The lowest BCUT2D eigenvalue weighted by atomic mass is 10.2. The minimum absolute atomic E-state index is 0.0108. The van der Waals surface area contributed by atoms with Gasteiger partial charge in [0.2, 0.25) is 5.91 Å². The van der Waals surface area contributed by atoms with Crippen molar-refractivity contribution in [1.82, 2.24) is 5.32 Å². The molecule has 0 atom stereocenters. The smallest absolute Gasteiger partial charge is 0.414 e. The molecule has 0 aromatic heterocycles. The first-order valence-corrected chi connectivity index (χ1v) is 8.19. The maximum absolute atomic E-state index is 11.4. The molecule has 0 saturated carbocycles. The molecular formula is C16H17BrN2O3. The summed E-state index contributed by atoms with van der Waals surface area (Å²) in [6, 6.07) is 7.37. The highest BCUT2D eigenvalue weighted by molar-refractivity contribution is 9.09. The number of alkyl halides is 1. The van der Waals surface area contributed by atoms with Crippen LogP contribution in [0, 0.1) is 11.8 Å². The number of hydrogen-bond donors (Lipinski definition) is 1. The van der Waals surface area contributed by atoms with Crippen molar-refractivity contribution in [2.45, 2.75) is 12.8 Å². The van der Waals surface area contributed by atoms with Crippen molar-refractivity contribution in [2.24, 2.45) is 0 Å². The first kappa shape index (κ1) is 16.4. The number of carbonyl (C=O) groups excluding carboxylic acids is 2. The van der Waals surface area contributed by atoms with Crippen LogP contribution in [0.15, 0.2) is 24.3 Å². The van der Waals surface area contributed by atoms with Crippen LogP contribution in [0.25, 0.3) is 0 Å². The molecule has 1 aromatic carbocycles.